The molecule has 0 aliphatic carbocycles. The number of hydrogen-bond donors (Lipinski definition) is 1. The lowest BCUT2D eigenvalue weighted by molar-refractivity contribution is -0.137. The summed E-state index contributed by atoms with van der Waals surface area (Å²) in [5.74, 6) is -0.529. The molecule has 1 heterocycles. The zero-order valence-corrected chi connectivity index (χ0v) is 15.5. The number of nitrogens with zero attached hydrogens (tertiary/aromatic N) is 2. The van der Waals surface area contributed by atoms with E-state index in [0.717, 1.165) is 17.7 Å². The van der Waals surface area contributed by atoms with Crippen molar-refractivity contribution in [3.8, 4) is 0 Å². The summed E-state index contributed by atoms with van der Waals surface area (Å²) in [4.78, 5) is 24.5. The van der Waals surface area contributed by atoms with Crippen LogP contribution in [0, 0.1) is 0 Å². The topological polar surface area (TPSA) is 64.0 Å². The van der Waals surface area contributed by atoms with Gasteiger partial charge in [0.25, 0.3) is 11.5 Å². The van der Waals surface area contributed by atoms with E-state index in [-0.39, 0.29) is 17.8 Å². The molecule has 0 bridgehead atoms. The van der Waals surface area contributed by atoms with E-state index in [1.165, 1.54) is 28.9 Å². The van der Waals surface area contributed by atoms with Crippen LogP contribution in [0.25, 0.3) is 0 Å². The number of aromatic nitrogens is 2. The Morgan fingerprint density at radius 3 is 2.31 bits per heavy atom. The zero-order chi connectivity index (χ0) is 21.0. The van der Waals surface area contributed by atoms with Crippen molar-refractivity contribution in [2.24, 2.45) is 0 Å². The van der Waals surface area contributed by atoms with Gasteiger partial charge in [-0.1, -0.05) is 42.5 Å². The van der Waals surface area contributed by atoms with Crippen molar-refractivity contribution >= 4 is 5.91 Å². The molecule has 0 radical (unpaired) electrons. The van der Waals surface area contributed by atoms with E-state index in [2.05, 4.69) is 10.4 Å². The molecule has 1 aromatic heterocycles. The van der Waals surface area contributed by atoms with Gasteiger partial charge >= 0.3 is 6.18 Å². The number of rotatable bonds is 5. The molecule has 1 atom stereocenters. The Morgan fingerprint density at radius 2 is 1.69 bits per heavy atom. The van der Waals surface area contributed by atoms with Crippen LogP contribution in [0.3, 0.4) is 0 Å². The van der Waals surface area contributed by atoms with Crippen molar-refractivity contribution < 1.29 is 18.0 Å². The molecule has 3 rings (SSSR count). The van der Waals surface area contributed by atoms with Crippen molar-refractivity contribution in [2.75, 3.05) is 0 Å². The molecule has 0 aliphatic heterocycles. The first kappa shape index (κ1) is 20.3. The second-order valence-corrected chi connectivity index (χ2v) is 6.51. The fraction of sp³-hybridized carbons (Fsp3) is 0.190. The maximum atomic E-state index is 12.7. The fourth-order valence-electron chi connectivity index (χ4n) is 2.75. The number of benzene rings is 2. The van der Waals surface area contributed by atoms with E-state index in [0.29, 0.717) is 5.56 Å². The number of hydrogen-bond acceptors (Lipinski definition) is 3. The largest absolute Gasteiger partial charge is 0.416 e. The van der Waals surface area contributed by atoms with Gasteiger partial charge in [0.2, 0.25) is 0 Å². The lowest BCUT2D eigenvalue weighted by Gasteiger charge is -2.15. The van der Waals surface area contributed by atoms with Crippen LogP contribution in [-0.2, 0) is 12.7 Å². The molecule has 1 amide bonds. The Bertz CT molecular complexity index is 1050. The Balaban J connectivity index is 1.73. The van der Waals surface area contributed by atoms with Gasteiger partial charge < -0.3 is 5.32 Å². The van der Waals surface area contributed by atoms with Crippen LogP contribution in [0.5, 0.6) is 0 Å². The predicted molar refractivity (Wildman–Crippen MR) is 101 cm³/mol. The smallest absolute Gasteiger partial charge is 0.344 e. The second-order valence-electron chi connectivity index (χ2n) is 6.51. The molecular weight excluding hydrogens is 383 g/mol. The van der Waals surface area contributed by atoms with E-state index in [9.17, 15) is 22.8 Å². The number of halogens is 3. The zero-order valence-electron chi connectivity index (χ0n) is 15.5. The van der Waals surface area contributed by atoms with Gasteiger partial charge in [-0.25, -0.2) is 4.68 Å². The van der Waals surface area contributed by atoms with E-state index in [1.54, 1.807) is 6.92 Å². The number of carbonyl (C=O) groups excluding carboxylic acids is 1. The third-order valence-electron chi connectivity index (χ3n) is 4.36. The number of nitrogens with one attached hydrogen (secondary N) is 1. The average molecular weight is 401 g/mol. The monoisotopic (exact) mass is 401 g/mol. The summed E-state index contributed by atoms with van der Waals surface area (Å²) in [6.45, 7) is 1.87. The highest BCUT2D eigenvalue weighted by atomic mass is 19.4. The van der Waals surface area contributed by atoms with Crippen LogP contribution >= 0.6 is 0 Å². The van der Waals surface area contributed by atoms with Crippen LogP contribution in [0.1, 0.15) is 40.1 Å². The highest BCUT2D eigenvalue weighted by Crippen LogP contribution is 2.29. The Hall–Kier alpha value is -3.42. The number of alkyl halides is 3. The summed E-state index contributed by atoms with van der Waals surface area (Å²) in [6, 6.07) is 15.8. The summed E-state index contributed by atoms with van der Waals surface area (Å²) >= 11 is 0. The molecule has 0 fully saturated rings. The van der Waals surface area contributed by atoms with Crippen LogP contribution in [0.2, 0.25) is 0 Å². The summed E-state index contributed by atoms with van der Waals surface area (Å²) < 4.78 is 39.2. The minimum absolute atomic E-state index is 0.0410. The van der Waals surface area contributed by atoms with Crippen LogP contribution in [-0.4, -0.2) is 15.7 Å². The molecule has 0 saturated heterocycles. The van der Waals surface area contributed by atoms with Crippen molar-refractivity contribution in [1.29, 1.82) is 0 Å². The molecule has 5 nitrogen and oxygen atoms in total. The minimum Gasteiger partial charge on any atom is -0.344 e. The van der Waals surface area contributed by atoms with Crippen LogP contribution < -0.4 is 10.9 Å². The van der Waals surface area contributed by atoms with E-state index < -0.39 is 23.7 Å². The minimum atomic E-state index is -4.42. The van der Waals surface area contributed by atoms with Gasteiger partial charge in [0.15, 0.2) is 0 Å². The average Bonchev–Trinajstić information content (AvgIpc) is 2.70. The first-order chi connectivity index (χ1) is 13.7. The Labute approximate surface area is 164 Å². The maximum Gasteiger partial charge on any atom is 0.416 e. The van der Waals surface area contributed by atoms with Crippen LogP contribution in [0.15, 0.2) is 71.5 Å². The van der Waals surface area contributed by atoms with Gasteiger partial charge in [0.05, 0.1) is 18.2 Å². The van der Waals surface area contributed by atoms with Crippen molar-refractivity contribution in [3.05, 3.63) is 99.5 Å². The summed E-state index contributed by atoms with van der Waals surface area (Å²) in [5.41, 5.74) is 0.316. The third kappa shape index (κ3) is 5.10. The van der Waals surface area contributed by atoms with Gasteiger partial charge in [-0.3, -0.25) is 9.59 Å². The highest BCUT2D eigenvalue weighted by Gasteiger charge is 2.30. The van der Waals surface area contributed by atoms with Crippen molar-refractivity contribution in [2.45, 2.75) is 25.7 Å². The third-order valence-corrected chi connectivity index (χ3v) is 4.36. The molecule has 1 N–H and O–H groups in total. The summed E-state index contributed by atoms with van der Waals surface area (Å²) in [6.07, 6.45) is -4.42. The second kappa shape index (κ2) is 8.30. The Kier molecular flexibility index (Phi) is 5.81. The first-order valence-corrected chi connectivity index (χ1v) is 8.84. The Morgan fingerprint density at radius 1 is 1.03 bits per heavy atom. The molecule has 2 aromatic carbocycles. The maximum absolute atomic E-state index is 12.7. The lowest BCUT2D eigenvalue weighted by Crippen LogP contribution is -2.31. The van der Waals surface area contributed by atoms with Crippen LogP contribution in [0.4, 0.5) is 13.2 Å². The van der Waals surface area contributed by atoms with Gasteiger partial charge in [-0.15, -0.1) is 0 Å². The fourth-order valence-corrected chi connectivity index (χ4v) is 2.75. The molecule has 8 heteroatoms. The molecule has 150 valence electrons. The van der Waals surface area contributed by atoms with E-state index >= 15 is 0 Å². The van der Waals surface area contributed by atoms with Gasteiger partial charge in [-0.2, -0.15) is 18.3 Å². The van der Waals surface area contributed by atoms with Crippen molar-refractivity contribution in [1.82, 2.24) is 15.1 Å². The molecule has 1 unspecified atom stereocenters. The normalized spacial score (nSPS) is 12.4. The molecule has 0 saturated carbocycles. The standard InChI is InChI=1S/C21H18F3N3O2/c1-14(16-7-9-17(10-8-16)21(22,23)24)25-20(29)18-11-12-19(28)27(26-18)13-15-5-3-2-4-6-15/h2-12,14H,13H2,1H3,(H,25,29). The van der Waals surface area contributed by atoms with Gasteiger partial charge in [0, 0.05) is 6.07 Å². The number of carbonyl (C=O) groups is 1. The summed E-state index contributed by atoms with van der Waals surface area (Å²) in [7, 11) is 0. The van der Waals surface area contributed by atoms with Gasteiger partial charge in [-0.05, 0) is 36.2 Å². The molecular formula is C21H18F3N3O2. The van der Waals surface area contributed by atoms with E-state index in [1.807, 2.05) is 30.3 Å². The molecule has 0 aliphatic rings. The number of amides is 1. The highest BCUT2D eigenvalue weighted by molar-refractivity contribution is 5.92. The lowest BCUT2D eigenvalue weighted by atomic mass is 10.1. The summed E-state index contributed by atoms with van der Waals surface area (Å²) in [5, 5.41) is 6.79. The first-order valence-electron chi connectivity index (χ1n) is 8.84. The van der Waals surface area contributed by atoms with Gasteiger partial charge in [0.1, 0.15) is 5.69 Å². The van der Waals surface area contributed by atoms with Crippen molar-refractivity contribution in [3.63, 3.8) is 0 Å². The predicted octanol–water partition coefficient (Wildman–Crippen LogP) is 3.80. The molecule has 0 spiro atoms. The molecule has 3 aromatic rings. The van der Waals surface area contributed by atoms with E-state index in [4.69, 9.17) is 0 Å². The quantitative estimate of drug-likeness (QED) is 0.707. The molecule has 29 heavy (non-hydrogen) atoms. The SMILES string of the molecule is CC(NC(=O)c1ccc(=O)n(Cc2ccccc2)n1)c1ccc(C(F)(F)F)cc1.